The van der Waals surface area contributed by atoms with E-state index in [0.29, 0.717) is 10.6 Å². The SMILES string of the molecule is O=C(NCc1cc(C(F)(F)F)ccn1)c1cn(CC(F)CCc2nnc(C(=O)NCc3cccc(OI(F)F)c3)s2)nn1. The molecule has 4 aromatic rings. The smallest absolute Gasteiger partial charge is 0.0665 e. The third-order valence-corrected chi connectivity index (χ3v) is 7.39. The van der Waals surface area contributed by atoms with Crippen molar-refractivity contribution in [1.29, 1.82) is 0 Å². The molecule has 1 atom stereocenters. The van der Waals surface area contributed by atoms with Gasteiger partial charge in [0.2, 0.25) is 0 Å². The Morgan fingerprint density at radius 1 is 1.05 bits per heavy atom. The second-order valence-electron chi connectivity index (χ2n) is 8.76. The van der Waals surface area contributed by atoms with Gasteiger partial charge in [0.15, 0.2) is 5.69 Å². The van der Waals surface area contributed by atoms with Crippen LogP contribution in [0.2, 0.25) is 0 Å². The Kier molecular flexibility index (Phi) is 10.8. The molecular formula is C24H21F6IN8O3S. The molecule has 3 heterocycles. The summed E-state index contributed by atoms with van der Waals surface area (Å²) in [6.45, 7) is -0.475. The number of halogens is 7. The number of nitrogens with one attached hydrogen (secondary N) is 2. The second-order valence-corrected chi connectivity index (χ2v) is 11.2. The van der Waals surface area contributed by atoms with Crippen molar-refractivity contribution in [2.24, 2.45) is 0 Å². The number of carbonyl (C=O) groups excluding carboxylic acids is 2. The molecule has 0 bridgehead atoms. The zero-order valence-corrected chi connectivity index (χ0v) is 24.7. The van der Waals surface area contributed by atoms with Gasteiger partial charge >= 0.3 is 139 Å². The van der Waals surface area contributed by atoms with Gasteiger partial charge in [-0.1, -0.05) is 5.21 Å². The molecule has 0 fully saturated rings. The number of amides is 2. The van der Waals surface area contributed by atoms with Crippen molar-refractivity contribution in [2.75, 3.05) is 0 Å². The van der Waals surface area contributed by atoms with E-state index >= 15 is 0 Å². The van der Waals surface area contributed by atoms with Gasteiger partial charge in [0.1, 0.15) is 6.17 Å². The largest absolute Gasteiger partial charge is 0.125 e. The van der Waals surface area contributed by atoms with Crippen LogP contribution in [0.1, 0.15) is 48.5 Å². The summed E-state index contributed by atoms with van der Waals surface area (Å²) in [6.07, 6.45) is -3.62. The molecule has 3 aromatic heterocycles. The molecule has 0 aliphatic heterocycles. The summed E-state index contributed by atoms with van der Waals surface area (Å²) in [5, 5.41) is 20.5. The Labute approximate surface area is 252 Å². The summed E-state index contributed by atoms with van der Waals surface area (Å²) in [4.78, 5) is 28.5. The van der Waals surface area contributed by atoms with Crippen LogP contribution in [0.25, 0.3) is 0 Å². The first-order valence-corrected chi connectivity index (χ1v) is 15.5. The van der Waals surface area contributed by atoms with Crippen LogP contribution in [0.15, 0.2) is 48.8 Å². The van der Waals surface area contributed by atoms with E-state index < -0.39 is 51.1 Å². The van der Waals surface area contributed by atoms with E-state index in [4.69, 9.17) is 0 Å². The molecule has 0 aliphatic rings. The van der Waals surface area contributed by atoms with Gasteiger partial charge in [0.05, 0.1) is 30.5 Å². The molecule has 19 heteroatoms. The molecule has 4 rings (SSSR count). The van der Waals surface area contributed by atoms with Crippen LogP contribution in [-0.4, -0.2) is 48.2 Å². The van der Waals surface area contributed by atoms with Crippen molar-refractivity contribution in [1.82, 2.24) is 40.8 Å². The van der Waals surface area contributed by atoms with Crippen LogP contribution in [-0.2, 0) is 32.2 Å². The average Bonchev–Trinajstić information content (AvgIpc) is 3.63. The molecule has 2 amide bonds. The standard InChI is InChI=1S/C24H21F6IN8O3S/c25-16(12-39-13-19(35-38-39)21(40)34-11-17-9-15(6-7-32-17)24(26,27)28)4-5-20-36-37-23(43-20)22(41)33-10-14-2-1-3-18(8-14)42-31(29)30/h1-3,6-9,13,16H,4-5,10-12H2,(H,33,41)(H,34,40). The van der Waals surface area contributed by atoms with E-state index in [1.807, 2.05) is 0 Å². The van der Waals surface area contributed by atoms with E-state index in [0.717, 1.165) is 34.3 Å². The number of hydrogen-bond donors (Lipinski definition) is 2. The third kappa shape index (κ3) is 9.83. The van der Waals surface area contributed by atoms with Gasteiger partial charge in [-0.25, -0.2) is 9.07 Å². The van der Waals surface area contributed by atoms with Crippen LogP contribution in [0.3, 0.4) is 0 Å². The summed E-state index contributed by atoms with van der Waals surface area (Å²) in [5.41, 5.74) is -0.514. The predicted molar refractivity (Wildman–Crippen MR) is 148 cm³/mol. The number of alkyl halides is 4. The Morgan fingerprint density at radius 3 is 2.60 bits per heavy atom. The maximum absolute atomic E-state index is 14.6. The first kappa shape index (κ1) is 32.0. The zero-order chi connectivity index (χ0) is 31.0. The van der Waals surface area contributed by atoms with E-state index in [1.54, 1.807) is 6.07 Å². The normalized spacial score (nSPS) is 12.5. The first-order chi connectivity index (χ1) is 20.5. The first-order valence-electron chi connectivity index (χ1n) is 12.2. The fraction of sp³-hybridized carbons (Fsp3) is 0.292. The van der Waals surface area contributed by atoms with Crippen LogP contribution >= 0.6 is 32.7 Å². The number of nitrogens with zero attached hydrogens (tertiary/aromatic N) is 6. The van der Waals surface area contributed by atoms with E-state index in [1.165, 1.54) is 24.4 Å². The Morgan fingerprint density at radius 2 is 1.84 bits per heavy atom. The van der Waals surface area contributed by atoms with Crippen molar-refractivity contribution < 1.29 is 35.9 Å². The molecule has 11 nitrogen and oxygen atoms in total. The van der Waals surface area contributed by atoms with Crippen molar-refractivity contribution in [2.45, 2.75) is 44.8 Å². The molecule has 0 saturated heterocycles. The van der Waals surface area contributed by atoms with Crippen LogP contribution in [0.5, 0.6) is 5.75 Å². The van der Waals surface area contributed by atoms with Crippen molar-refractivity contribution in [3.05, 3.63) is 81.3 Å². The molecule has 0 saturated carbocycles. The minimum Gasteiger partial charge on any atom is -0.125 e. The number of benzene rings is 1. The van der Waals surface area contributed by atoms with Crippen LogP contribution in [0.4, 0.5) is 23.3 Å². The molecule has 1 aromatic carbocycles. The van der Waals surface area contributed by atoms with Crippen LogP contribution < -0.4 is 13.7 Å². The zero-order valence-electron chi connectivity index (χ0n) is 21.7. The molecule has 230 valence electrons. The molecule has 2 N–H and O–H groups in total. The van der Waals surface area contributed by atoms with Crippen molar-refractivity contribution in [3.8, 4) is 5.75 Å². The number of hydrogen-bond acceptors (Lipinski definition) is 9. The number of pyridine rings is 1. The number of aromatic nitrogens is 6. The number of aryl methyl sites for hydroxylation is 1. The Hall–Kier alpha value is -3.88. The summed E-state index contributed by atoms with van der Waals surface area (Å²) in [5.74, 6) is -1.23. The topological polar surface area (TPSA) is 137 Å². The summed E-state index contributed by atoms with van der Waals surface area (Å²) in [6, 6.07) is 7.60. The van der Waals surface area contributed by atoms with Gasteiger partial charge in [-0.05, 0) is 12.1 Å². The molecule has 1 unspecified atom stereocenters. The monoisotopic (exact) mass is 742 g/mol. The van der Waals surface area contributed by atoms with Crippen LogP contribution in [0, 0.1) is 0 Å². The fourth-order valence-corrected chi connectivity index (χ4v) is 4.98. The van der Waals surface area contributed by atoms with Gasteiger partial charge in [0.25, 0.3) is 5.91 Å². The maximum atomic E-state index is 14.6. The molecular weight excluding hydrogens is 721 g/mol. The van der Waals surface area contributed by atoms with Crippen molar-refractivity contribution >= 4 is 44.5 Å². The van der Waals surface area contributed by atoms with Gasteiger partial charge in [-0.3, -0.25) is 9.78 Å². The minimum atomic E-state index is -4.55. The molecule has 43 heavy (non-hydrogen) atoms. The minimum absolute atomic E-state index is 0.000472. The average molecular weight is 742 g/mol. The van der Waals surface area contributed by atoms with Gasteiger partial charge < -0.3 is 5.32 Å². The fourth-order valence-electron chi connectivity index (χ4n) is 3.55. The molecule has 0 radical (unpaired) electrons. The predicted octanol–water partition coefficient (Wildman–Crippen LogP) is 4.94. The number of rotatable bonds is 13. The molecule has 0 aliphatic carbocycles. The summed E-state index contributed by atoms with van der Waals surface area (Å²) >= 11 is -3.43. The quantitative estimate of drug-likeness (QED) is 0.145. The van der Waals surface area contributed by atoms with E-state index in [2.05, 4.69) is 39.2 Å². The van der Waals surface area contributed by atoms with E-state index in [-0.39, 0.29) is 54.6 Å². The maximum Gasteiger partial charge on any atom is -0.0665 e. The van der Waals surface area contributed by atoms with Gasteiger partial charge in [0, 0.05) is 6.20 Å². The molecule has 0 spiro atoms. The second kappa shape index (κ2) is 14.5. The van der Waals surface area contributed by atoms with Gasteiger partial charge in [-0.2, -0.15) is 13.2 Å². The number of carbonyl (C=O) groups is 2. The third-order valence-electron chi connectivity index (χ3n) is 5.56. The van der Waals surface area contributed by atoms with E-state index in [9.17, 15) is 32.9 Å². The Balaban J connectivity index is 1.20. The van der Waals surface area contributed by atoms with Crippen molar-refractivity contribution in [3.63, 3.8) is 0 Å². The Bertz CT molecular complexity index is 1550. The summed E-state index contributed by atoms with van der Waals surface area (Å²) < 4.78 is 83.8. The van der Waals surface area contributed by atoms with Gasteiger partial charge in [-0.15, -0.1) is 5.10 Å². The summed E-state index contributed by atoms with van der Waals surface area (Å²) in [7, 11) is 0.